The molecule has 0 spiro atoms. The van der Waals surface area contributed by atoms with Crippen LogP contribution in [0.3, 0.4) is 0 Å². The van der Waals surface area contributed by atoms with E-state index in [2.05, 4.69) is 15.6 Å². The minimum atomic E-state index is -0.312. The molecule has 0 radical (unpaired) electrons. The first kappa shape index (κ1) is 18.5. The third kappa shape index (κ3) is 4.52. The summed E-state index contributed by atoms with van der Waals surface area (Å²) in [6.45, 7) is 0.927. The molecular formula is C22H19N3O4. The maximum absolute atomic E-state index is 12.5. The van der Waals surface area contributed by atoms with Crippen LogP contribution in [0, 0.1) is 0 Å². The largest absolute Gasteiger partial charge is 0.454 e. The summed E-state index contributed by atoms with van der Waals surface area (Å²) in [7, 11) is 0. The van der Waals surface area contributed by atoms with Crippen molar-refractivity contribution in [1.82, 2.24) is 15.6 Å². The lowest BCUT2D eigenvalue weighted by atomic mass is 10.1. The molecular weight excluding hydrogens is 370 g/mol. The quantitative estimate of drug-likeness (QED) is 0.677. The van der Waals surface area contributed by atoms with Gasteiger partial charge in [-0.25, -0.2) is 0 Å². The van der Waals surface area contributed by atoms with Crippen LogP contribution in [0.2, 0.25) is 0 Å². The van der Waals surface area contributed by atoms with Crippen molar-refractivity contribution in [1.29, 1.82) is 0 Å². The van der Waals surface area contributed by atoms with E-state index in [1.165, 1.54) is 18.5 Å². The van der Waals surface area contributed by atoms with Gasteiger partial charge in [0.05, 0.1) is 11.1 Å². The summed E-state index contributed by atoms with van der Waals surface area (Å²) in [6.07, 6.45) is 2.87. The lowest BCUT2D eigenvalue weighted by Crippen LogP contribution is -2.25. The molecule has 0 fully saturated rings. The summed E-state index contributed by atoms with van der Waals surface area (Å²) in [5.74, 6) is 0.758. The number of amides is 2. The van der Waals surface area contributed by atoms with Gasteiger partial charge >= 0.3 is 0 Å². The number of fused-ring (bicyclic) bond motifs is 1. The van der Waals surface area contributed by atoms with Gasteiger partial charge in [0.25, 0.3) is 11.8 Å². The van der Waals surface area contributed by atoms with E-state index in [1.54, 1.807) is 0 Å². The van der Waals surface area contributed by atoms with E-state index >= 15 is 0 Å². The Bertz CT molecular complexity index is 1040. The van der Waals surface area contributed by atoms with Crippen LogP contribution in [-0.4, -0.2) is 23.6 Å². The molecule has 2 aromatic carbocycles. The normalized spacial score (nSPS) is 11.7. The van der Waals surface area contributed by atoms with Gasteiger partial charge in [0.15, 0.2) is 11.5 Å². The lowest BCUT2D eigenvalue weighted by Gasteiger charge is -2.08. The highest BCUT2D eigenvalue weighted by atomic mass is 16.7. The zero-order chi connectivity index (χ0) is 20.1. The SMILES string of the molecule is O=C(NCc1ccccc1)c1cncc(C(=O)NCc2ccc3c(c2)OCO3)c1. The smallest absolute Gasteiger partial charge is 0.253 e. The topological polar surface area (TPSA) is 89.6 Å². The predicted molar refractivity (Wildman–Crippen MR) is 106 cm³/mol. The van der Waals surface area contributed by atoms with Gasteiger partial charge in [0.1, 0.15) is 0 Å². The van der Waals surface area contributed by atoms with Crippen LogP contribution in [-0.2, 0) is 13.1 Å². The number of pyridine rings is 1. The fourth-order valence-electron chi connectivity index (χ4n) is 2.90. The Balaban J connectivity index is 1.36. The highest BCUT2D eigenvalue weighted by molar-refractivity contribution is 5.99. The zero-order valence-electron chi connectivity index (χ0n) is 15.6. The van der Waals surface area contributed by atoms with Crippen molar-refractivity contribution >= 4 is 11.8 Å². The Kier molecular flexibility index (Phi) is 5.38. The van der Waals surface area contributed by atoms with Gasteiger partial charge in [0.2, 0.25) is 6.79 Å². The fourth-order valence-corrected chi connectivity index (χ4v) is 2.90. The molecule has 4 rings (SSSR count). The van der Waals surface area contributed by atoms with Crippen LogP contribution >= 0.6 is 0 Å². The van der Waals surface area contributed by atoms with Gasteiger partial charge < -0.3 is 20.1 Å². The molecule has 2 heterocycles. The number of ether oxygens (including phenoxy) is 2. The van der Waals surface area contributed by atoms with E-state index in [-0.39, 0.29) is 18.6 Å². The van der Waals surface area contributed by atoms with Crippen LogP contribution in [0.4, 0.5) is 0 Å². The Labute approximate surface area is 167 Å². The van der Waals surface area contributed by atoms with E-state index in [1.807, 2.05) is 48.5 Å². The molecule has 1 aliphatic rings. The molecule has 29 heavy (non-hydrogen) atoms. The number of hydrogen-bond acceptors (Lipinski definition) is 5. The minimum Gasteiger partial charge on any atom is -0.454 e. The molecule has 7 nitrogen and oxygen atoms in total. The number of benzene rings is 2. The monoisotopic (exact) mass is 389 g/mol. The standard InChI is InChI=1S/C22H19N3O4/c26-21(24-10-15-4-2-1-3-5-15)17-9-18(13-23-12-17)22(27)25-11-16-6-7-19-20(8-16)29-14-28-19/h1-9,12-13H,10-11,14H2,(H,24,26)(H,25,27). The number of hydrogen-bond donors (Lipinski definition) is 2. The first-order valence-electron chi connectivity index (χ1n) is 9.13. The van der Waals surface area contributed by atoms with Crippen molar-refractivity contribution in [2.75, 3.05) is 6.79 Å². The summed E-state index contributed by atoms with van der Waals surface area (Å²) < 4.78 is 10.6. The van der Waals surface area contributed by atoms with Crippen LogP contribution in [0.1, 0.15) is 31.8 Å². The summed E-state index contributed by atoms with van der Waals surface area (Å²) in [6, 6.07) is 16.6. The average molecular weight is 389 g/mol. The molecule has 2 amide bonds. The summed E-state index contributed by atoms with van der Waals surface area (Å²) >= 11 is 0. The van der Waals surface area contributed by atoms with Crippen molar-refractivity contribution in [3.8, 4) is 11.5 Å². The van der Waals surface area contributed by atoms with Crippen molar-refractivity contribution in [3.05, 3.63) is 89.2 Å². The summed E-state index contributed by atoms with van der Waals surface area (Å²) in [5.41, 5.74) is 2.52. The lowest BCUT2D eigenvalue weighted by molar-refractivity contribution is 0.0950. The van der Waals surface area contributed by atoms with Gasteiger partial charge in [-0.15, -0.1) is 0 Å². The van der Waals surface area contributed by atoms with Crippen LogP contribution < -0.4 is 20.1 Å². The number of carbonyl (C=O) groups is 2. The summed E-state index contributed by atoms with van der Waals surface area (Å²) in [5, 5.41) is 5.65. The van der Waals surface area contributed by atoms with Gasteiger partial charge in [0, 0.05) is 25.5 Å². The Morgan fingerprint density at radius 2 is 1.45 bits per heavy atom. The number of carbonyl (C=O) groups excluding carboxylic acids is 2. The maximum atomic E-state index is 12.5. The van der Waals surface area contributed by atoms with Gasteiger partial charge in [-0.3, -0.25) is 14.6 Å². The van der Waals surface area contributed by atoms with E-state index < -0.39 is 0 Å². The number of rotatable bonds is 6. The minimum absolute atomic E-state index is 0.204. The van der Waals surface area contributed by atoms with Gasteiger partial charge in [-0.1, -0.05) is 36.4 Å². The van der Waals surface area contributed by atoms with Crippen molar-refractivity contribution in [2.45, 2.75) is 13.1 Å². The molecule has 0 bridgehead atoms. The first-order chi connectivity index (χ1) is 14.2. The number of aromatic nitrogens is 1. The van der Waals surface area contributed by atoms with Crippen molar-refractivity contribution in [2.24, 2.45) is 0 Å². The highest BCUT2D eigenvalue weighted by Gasteiger charge is 2.14. The second kappa shape index (κ2) is 8.43. The Morgan fingerprint density at radius 1 is 0.793 bits per heavy atom. The third-order valence-corrected chi connectivity index (χ3v) is 4.45. The second-order valence-corrected chi connectivity index (χ2v) is 6.50. The molecule has 7 heteroatoms. The van der Waals surface area contributed by atoms with Crippen LogP contribution in [0.15, 0.2) is 67.0 Å². The molecule has 3 aromatic rings. The van der Waals surface area contributed by atoms with E-state index in [0.717, 1.165) is 11.1 Å². The Morgan fingerprint density at radius 3 is 2.17 bits per heavy atom. The molecule has 1 aliphatic heterocycles. The van der Waals surface area contributed by atoms with Gasteiger partial charge in [-0.2, -0.15) is 0 Å². The Hall–Kier alpha value is -3.87. The molecule has 146 valence electrons. The predicted octanol–water partition coefficient (Wildman–Crippen LogP) is 2.67. The van der Waals surface area contributed by atoms with Crippen LogP contribution in [0.25, 0.3) is 0 Å². The fraction of sp³-hybridized carbons (Fsp3) is 0.136. The molecule has 0 saturated heterocycles. The first-order valence-corrected chi connectivity index (χ1v) is 9.13. The second-order valence-electron chi connectivity index (χ2n) is 6.50. The molecule has 0 saturated carbocycles. The zero-order valence-corrected chi connectivity index (χ0v) is 15.6. The average Bonchev–Trinajstić information content (AvgIpc) is 3.24. The van der Waals surface area contributed by atoms with Gasteiger partial charge in [-0.05, 0) is 29.3 Å². The summed E-state index contributed by atoms with van der Waals surface area (Å²) in [4.78, 5) is 28.9. The molecule has 2 N–H and O–H groups in total. The molecule has 0 atom stereocenters. The molecule has 0 unspecified atom stereocenters. The molecule has 0 aliphatic carbocycles. The maximum Gasteiger partial charge on any atom is 0.253 e. The molecule has 1 aromatic heterocycles. The number of nitrogens with zero attached hydrogens (tertiary/aromatic N) is 1. The van der Waals surface area contributed by atoms with E-state index in [0.29, 0.717) is 35.7 Å². The van der Waals surface area contributed by atoms with E-state index in [4.69, 9.17) is 9.47 Å². The third-order valence-electron chi connectivity index (χ3n) is 4.45. The van der Waals surface area contributed by atoms with Crippen molar-refractivity contribution < 1.29 is 19.1 Å². The van der Waals surface area contributed by atoms with E-state index in [9.17, 15) is 9.59 Å². The number of nitrogens with one attached hydrogen (secondary N) is 2. The van der Waals surface area contributed by atoms with Crippen LogP contribution in [0.5, 0.6) is 11.5 Å². The highest BCUT2D eigenvalue weighted by Crippen LogP contribution is 2.32. The van der Waals surface area contributed by atoms with Crippen molar-refractivity contribution in [3.63, 3.8) is 0 Å².